The summed E-state index contributed by atoms with van der Waals surface area (Å²) in [6.07, 6.45) is 8.29. The number of carbonyl (C=O) groups excluding carboxylic acids is 1. The molecular weight excluding hydrogens is 326 g/mol. The first kappa shape index (κ1) is 17.6. The average Bonchev–Trinajstić information content (AvgIpc) is 2.94. The summed E-state index contributed by atoms with van der Waals surface area (Å²) >= 11 is 0. The molecule has 0 saturated heterocycles. The first-order chi connectivity index (χ1) is 12.6. The second-order valence-electron chi connectivity index (χ2n) is 5.98. The predicted octanol–water partition coefficient (Wildman–Crippen LogP) is 4.43. The third-order valence-electron chi connectivity index (χ3n) is 4.45. The van der Waals surface area contributed by atoms with E-state index in [4.69, 9.17) is 11.2 Å². The topological polar surface area (TPSA) is 51.5 Å². The van der Waals surface area contributed by atoms with Crippen LogP contribution in [0.4, 0.5) is 0 Å². The third kappa shape index (κ3) is 2.82. The van der Waals surface area contributed by atoms with Crippen LogP contribution in [-0.2, 0) is 17.7 Å². The van der Waals surface area contributed by atoms with Gasteiger partial charge in [0, 0.05) is 34.8 Å². The normalized spacial score (nSPS) is 10.8. The predicted molar refractivity (Wildman–Crippen MR) is 104 cm³/mol. The monoisotopic (exact) mass is 347 g/mol. The first-order valence-electron chi connectivity index (χ1n) is 8.61. The minimum absolute atomic E-state index is 0.137. The molecule has 0 unspecified atom stereocenters. The number of phenols is 1. The molecule has 0 aliphatic rings. The molecule has 0 aliphatic heterocycles. The number of hydrogen-bond donors (Lipinski definition) is 1. The fourth-order valence-electron chi connectivity index (χ4n) is 3.46. The SMILES string of the molecule is C#CCCc1c(C(=O)OCC)c2cc(O)c3ccccc3c2n1CC=C. The van der Waals surface area contributed by atoms with Gasteiger partial charge >= 0.3 is 5.97 Å². The summed E-state index contributed by atoms with van der Waals surface area (Å²) in [5.74, 6) is 2.37. The van der Waals surface area contributed by atoms with Crippen molar-refractivity contribution in [2.24, 2.45) is 0 Å². The van der Waals surface area contributed by atoms with Gasteiger partial charge in [0.25, 0.3) is 0 Å². The number of nitrogens with zero attached hydrogens (tertiary/aromatic N) is 1. The number of hydrogen-bond acceptors (Lipinski definition) is 3. The fourth-order valence-corrected chi connectivity index (χ4v) is 3.46. The van der Waals surface area contributed by atoms with Crippen LogP contribution >= 0.6 is 0 Å². The fraction of sp³-hybridized carbons (Fsp3) is 0.227. The molecule has 3 aromatic rings. The van der Waals surface area contributed by atoms with Gasteiger partial charge in [0.15, 0.2) is 0 Å². The molecule has 1 aromatic heterocycles. The number of aromatic hydroxyl groups is 1. The highest BCUT2D eigenvalue weighted by Crippen LogP contribution is 2.38. The summed E-state index contributed by atoms with van der Waals surface area (Å²) in [4.78, 5) is 12.7. The second-order valence-corrected chi connectivity index (χ2v) is 5.98. The van der Waals surface area contributed by atoms with E-state index in [2.05, 4.69) is 12.5 Å². The number of fused-ring (bicyclic) bond motifs is 3. The van der Waals surface area contributed by atoms with Crippen molar-refractivity contribution in [3.63, 3.8) is 0 Å². The number of esters is 1. The molecule has 26 heavy (non-hydrogen) atoms. The van der Waals surface area contributed by atoms with Crippen molar-refractivity contribution in [1.82, 2.24) is 4.57 Å². The lowest BCUT2D eigenvalue weighted by molar-refractivity contribution is 0.0527. The Balaban J connectivity index is 2.47. The highest BCUT2D eigenvalue weighted by atomic mass is 16.5. The maximum absolute atomic E-state index is 12.7. The van der Waals surface area contributed by atoms with Crippen molar-refractivity contribution >= 4 is 27.6 Å². The molecule has 0 saturated carbocycles. The Morgan fingerprint density at radius 2 is 2.08 bits per heavy atom. The molecular formula is C22H21NO3. The van der Waals surface area contributed by atoms with Crippen LogP contribution in [-0.4, -0.2) is 22.2 Å². The molecule has 0 aliphatic carbocycles. The van der Waals surface area contributed by atoms with E-state index in [0.29, 0.717) is 30.3 Å². The summed E-state index contributed by atoms with van der Waals surface area (Å²) in [5, 5.41) is 12.8. The molecule has 4 heteroatoms. The molecule has 0 radical (unpaired) electrons. The van der Waals surface area contributed by atoms with Crippen LogP contribution in [0.15, 0.2) is 43.0 Å². The molecule has 0 fully saturated rings. The van der Waals surface area contributed by atoms with E-state index in [9.17, 15) is 9.90 Å². The quantitative estimate of drug-likeness (QED) is 0.408. The zero-order valence-electron chi connectivity index (χ0n) is 14.8. The van der Waals surface area contributed by atoms with Crippen LogP contribution in [0, 0.1) is 12.3 Å². The molecule has 0 spiro atoms. The summed E-state index contributed by atoms with van der Waals surface area (Å²) in [6, 6.07) is 9.23. The number of rotatable bonds is 6. The van der Waals surface area contributed by atoms with Gasteiger partial charge in [-0.05, 0) is 19.4 Å². The van der Waals surface area contributed by atoms with E-state index < -0.39 is 5.97 Å². The van der Waals surface area contributed by atoms with Crippen LogP contribution in [0.1, 0.15) is 29.4 Å². The van der Waals surface area contributed by atoms with Crippen LogP contribution < -0.4 is 0 Å². The number of phenolic OH excluding ortho intramolecular Hbond substituents is 1. The maximum atomic E-state index is 12.7. The zero-order valence-corrected chi connectivity index (χ0v) is 14.8. The highest BCUT2D eigenvalue weighted by Gasteiger charge is 2.25. The Morgan fingerprint density at radius 1 is 1.35 bits per heavy atom. The number of aromatic nitrogens is 1. The van der Waals surface area contributed by atoms with Gasteiger partial charge in [0.2, 0.25) is 0 Å². The van der Waals surface area contributed by atoms with E-state index in [1.165, 1.54) is 0 Å². The third-order valence-corrected chi connectivity index (χ3v) is 4.45. The standard InChI is InChI=1S/C22H21NO3/c1-4-7-12-18-20(22(25)26-6-3)17-14-19(24)15-10-8-9-11-16(15)21(17)23(18)13-5-2/h1,5,8-11,14,24H,2,6-7,12-13H2,3H3. The van der Waals surface area contributed by atoms with Crippen molar-refractivity contribution in [3.05, 3.63) is 54.2 Å². The van der Waals surface area contributed by atoms with Crippen LogP contribution in [0.3, 0.4) is 0 Å². The Bertz CT molecular complexity index is 1040. The van der Waals surface area contributed by atoms with Gasteiger partial charge in [-0.25, -0.2) is 4.79 Å². The molecule has 132 valence electrons. The zero-order chi connectivity index (χ0) is 18.7. The van der Waals surface area contributed by atoms with E-state index in [1.807, 2.05) is 28.8 Å². The molecule has 0 atom stereocenters. The maximum Gasteiger partial charge on any atom is 0.340 e. The first-order valence-corrected chi connectivity index (χ1v) is 8.61. The number of carbonyl (C=O) groups is 1. The van der Waals surface area contributed by atoms with Crippen LogP contribution in [0.5, 0.6) is 5.75 Å². The number of terminal acetylenes is 1. The van der Waals surface area contributed by atoms with Gasteiger partial charge in [0.1, 0.15) is 5.75 Å². The average molecular weight is 347 g/mol. The lowest BCUT2D eigenvalue weighted by Crippen LogP contribution is -2.10. The Kier molecular flexibility index (Phi) is 4.99. The van der Waals surface area contributed by atoms with Gasteiger partial charge in [-0.15, -0.1) is 18.9 Å². The van der Waals surface area contributed by atoms with Gasteiger partial charge < -0.3 is 14.4 Å². The van der Waals surface area contributed by atoms with E-state index in [-0.39, 0.29) is 12.4 Å². The van der Waals surface area contributed by atoms with E-state index in [1.54, 1.807) is 19.1 Å². The molecule has 1 heterocycles. The minimum Gasteiger partial charge on any atom is -0.507 e. The van der Waals surface area contributed by atoms with Gasteiger partial charge in [-0.3, -0.25) is 0 Å². The highest BCUT2D eigenvalue weighted by molar-refractivity contribution is 6.16. The Labute approximate surface area is 152 Å². The molecule has 3 rings (SSSR count). The van der Waals surface area contributed by atoms with Crippen LogP contribution in [0.25, 0.3) is 21.7 Å². The summed E-state index contributed by atoms with van der Waals surface area (Å²) in [5.41, 5.74) is 2.17. The lowest BCUT2D eigenvalue weighted by Gasteiger charge is -2.10. The summed E-state index contributed by atoms with van der Waals surface area (Å²) in [7, 11) is 0. The summed E-state index contributed by atoms with van der Waals surface area (Å²) in [6.45, 7) is 6.43. The molecule has 0 bridgehead atoms. The molecule has 1 N–H and O–H groups in total. The Hall–Kier alpha value is -3.19. The van der Waals surface area contributed by atoms with Crippen molar-refractivity contribution in [1.29, 1.82) is 0 Å². The van der Waals surface area contributed by atoms with Crippen molar-refractivity contribution in [3.8, 4) is 18.1 Å². The lowest BCUT2D eigenvalue weighted by atomic mass is 10.0. The smallest absolute Gasteiger partial charge is 0.340 e. The number of allylic oxidation sites excluding steroid dienone is 1. The number of ether oxygens (including phenoxy) is 1. The van der Waals surface area contributed by atoms with E-state index >= 15 is 0 Å². The van der Waals surface area contributed by atoms with Gasteiger partial charge in [0.05, 0.1) is 17.7 Å². The molecule has 2 aromatic carbocycles. The van der Waals surface area contributed by atoms with E-state index in [0.717, 1.165) is 22.0 Å². The minimum atomic E-state index is -0.401. The van der Waals surface area contributed by atoms with Crippen molar-refractivity contribution < 1.29 is 14.6 Å². The Morgan fingerprint density at radius 3 is 2.73 bits per heavy atom. The molecule has 4 nitrogen and oxygen atoms in total. The second kappa shape index (κ2) is 7.37. The summed E-state index contributed by atoms with van der Waals surface area (Å²) < 4.78 is 7.34. The largest absolute Gasteiger partial charge is 0.507 e. The van der Waals surface area contributed by atoms with Crippen molar-refractivity contribution in [2.45, 2.75) is 26.3 Å². The van der Waals surface area contributed by atoms with Crippen LogP contribution in [0.2, 0.25) is 0 Å². The van der Waals surface area contributed by atoms with Gasteiger partial charge in [-0.2, -0.15) is 0 Å². The van der Waals surface area contributed by atoms with Crippen molar-refractivity contribution in [2.75, 3.05) is 6.61 Å². The molecule has 0 amide bonds. The number of benzene rings is 2. The van der Waals surface area contributed by atoms with Gasteiger partial charge in [-0.1, -0.05) is 30.3 Å².